The molecule has 0 amide bonds. The maximum absolute atomic E-state index is 13.2. The highest BCUT2D eigenvalue weighted by atomic mass is 79.9. The number of benzene rings is 1. The Balaban J connectivity index is 2.04. The monoisotopic (exact) mass is 287 g/mol. The maximum Gasteiger partial charge on any atom is 0.137 e. The van der Waals surface area contributed by atoms with Gasteiger partial charge in [-0.15, -0.1) is 0 Å². The molecule has 0 bridgehead atoms. The van der Waals surface area contributed by atoms with Crippen LogP contribution < -0.4 is 5.48 Å². The quantitative estimate of drug-likeness (QED) is 0.857. The van der Waals surface area contributed by atoms with Crippen molar-refractivity contribution < 1.29 is 14.0 Å². The highest BCUT2D eigenvalue weighted by molar-refractivity contribution is 9.10. The lowest BCUT2D eigenvalue weighted by atomic mass is 9.83. The van der Waals surface area contributed by atoms with Crippen LogP contribution in [0.4, 0.5) is 4.39 Å². The van der Waals surface area contributed by atoms with E-state index < -0.39 is 0 Å². The van der Waals surface area contributed by atoms with Crippen LogP contribution >= 0.6 is 15.9 Å². The summed E-state index contributed by atoms with van der Waals surface area (Å²) in [6.07, 6.45) is 0. The van der Waals surface area contributed by atoms with Gasteiger partial charge in [-0.3, -0.25) is 0 Å². The Kier molecular flexibility index (Phi) is 2.51. The number of hydrogen-bond donors (Lipinski definition) is 1. The van der Waals surface area contributed by atoms with E-state index in [2.05, 4.69) is 21.4 Å². The summed E-state index contributed by atoms with van der Waals surface area (Å²) in [6.45, 7) is 1.88. The average Bonchev–Trinajstić information content (AvgIpc) is 2.81. The summed E-state index contributed by atoms with van der Waals surface area (Å²) in [7, 11) is 0. The van der Waals surface area contributed by atoms with Crippen LogP contribution in [-0.4, -0.2) is 19.8 Å². The Labute approximate surface area is 101 Å². The topological polar surface area (TPSA) is 30.5 Å². The van der Waals surface area contributed by atoms with Gasteiger partial charge in [-0.05, 0) is 33.6 Å². The van der Waals surface area contributed by atoms with E-state index in [4.69, 9.17) is 9.57 Å². The molecule has 86 valence electrons. The minimum atomic E-state index is -0.309. The average molecular weight is 288 g/mol. The molecule has 2 unspecified atom stereocenters. The zero-order valence-electron chi connectivity index (χ0n) is 8.50. The molecule has 3 rings (SSSR count). The normalized spacial score (nSPS) is 33.0. The summed E-state index contributed by atoms with van der Waals surface area (Å²) in [6, 6.07) is 5.03. The van der Waals surface area contributed by atoms with Crippen molar-refractivity contribution in [2.75, 3.05) is 19.8 Å². The maximum atomic E-state index is 13.2. The van der Waals surface area contributed by atoms with Gasteiger partial charge in [0.1, 0.15) is 5.82 Å². The van der Waals surface area contributed by atoms with Gasteiger partial charge in [-0.1, -0.05) is 6.07 Å². The second-order valence-electron chi connectivity index (χ2n) is 4.23. The Morgan fingerprint density at radius 3 is 3.12 bits per heavy atom. The summed E-state index contributed by atoms with van der Waals surface area (Å²) in [5.74, 6) is 0.0411. The number of hydroxylamine groups is 1. The number of halogens is 2. The second-order valence-corrected chi connectivity index (χ2v) is 5.08. The van der Waals surface area contributed by atoms with E-state index in [0.29, 0.717) is 30.2 Å². The first kappa shape index (κ1) is 10.7. The second kappa shape index (κ2) is 3.77. The summed E-state index contributed by atoms with van der Waals surface area (Å²) in [4.78, 5) is 5.30. The predicted octanol–water partition coefficient (Wildman–Crippen LogP) is 1.96. The summed E-state index contributed by atoms with van der Waals surface area (Å²) < 4.78 is 19.2. The predicted molar refractivity (Wildman–Crippen MR) is 59.2 cm³/mol. The van der Waals surface area contributed by atoms with Gasteiger partial charge in [0.15, 0.2) is 0 Å². The van der Waals surface area contributed by atoms with Crippen LogP contribution in [-0.2, 0) is 15.1 Å². The van der Waals surface area contributed by atoms with Crippen LogP contribution in [0.2, 0.25) is 0 Å². The fourth-order valence-electron chi connectivity index (χ4n) is 2.35. The van der Waals surface area contributed by atoms with E-state index in [1.165, 1.54) is 6.07 Å². The lowest BCUT2D eigenvalue weighted by Gasteiger charge is -2.26. The molecule has 2 saturated heterocycles. The van der Waals surface area contributed by atoms with Crippen LogP contribution in [0.5, 0.6) is 0 Å². The zero-order valence-corrected chi connectivity index (χ0v) is 10.1. The molecule has 1 aromatic rings. The first-order valence-corrected chi connectivity index (χ1v) is 5.94. The molecule has 2 aliphatic heterocycles. The van der Waals surface area contributed by atoms with Crippen molar-refractivity contribution in [2.45, 2.75) is 5.54 Å². The van der Waals surface area contributed by atoms with Gasteiger partial charge in [-0.2, -0.15) is 5.48 Å². The van der Waals surface area contributed by atoms with E-state index in [1.807, 2.05) is 0 Å². The summed E-state index contributed by atoms with van der Waals surface area (Å²) in [5, 5.41) is 0. The molecule has 0 aromatic heterocycles. The van der Waals surface area contributed by atoms with Gasteiger partial charge in [0, 0.05) is 5.92 Å². The number of fused-ring (bicyclic) bond motifs is 1. The summed E-state index contributed by atoms with van der Waals surface area (Å²) in [5.41, 5.74) is 3.72. The van der Waals surface area contributed by atoms with E-state index in [1.54, 1.807) is 12.1 Å². The lowest BCUT2D eigenvalue weighted by molar-refractivity contribution is 0.0250. The molecule has 2 atom stereocenters. The first-order chi connectivity index (χ1) is 7.72. The highest BCUT2D eigenvalue weighted by Crippen LogP contribution is 2.40. The third-order valence-electron chi connectivity index (χ3n) is 3.32. The molecule has 2 fully saturated rings. The lowest BCUT2D eigenvalue weighted by Crippen LogP contribution is -2.41. The molecule has 1 N–H and O–H groups in total. The number of rotatable bonds is 1. The van der Waals surface area contributed by atoms with Crippen LogP contribution in [0.25, 0.3) is 0 Å². The third kappa shape index (κ3) is 1.43. The van der Waals surface area contributed by atoms with Crippen LogP contribution in [0.3, 0.4) is 0 Å². The fourth-order valence-corrected chi connectivity index (χ4v) is 2.73. The molecule has 0 spiro atoms. The standard InChI is InChI=1S/C11H11BrFNO2/c12-9-3-7(1-2-10(9)13)11-6-15-4-8(11)5-16-14-11/h1-3,8,14H,4-6H2. The molecule has 5 heteroatoms. The molecule has 0 saturated carbocycles. The van der Waals surface area contributed by atoms with Crippen molar-refractivity contribution >= 4 is 15.9 Å². The third-order valence-corrected chi connectivity index (χ3v) is 3.93. The van der Waals surface area contributed by atoms with Crippen molar-refractivity contribution in [3.8, 4) is 0 Å². The number of ether oxygens (including phenoxy) is 1. The molecule has 1 aromatic carbocycles. The van der Waals surface area contributed by atoms with E-state index >= 15 is 0 Å². The van der Waals surface area contributed by atoms with Gasteiger partial charge >= 0.3 is 0 Å². The summed E-state index contributed by atoms with van der Waals surface area (Å²) >= 11 is 3.20. The number of nitrogens with one attached hydrogen (secondary N) is 1. The van der Waals surface area contributed by atoms with Crippen LogP contribution in [0.1, 0.15) is 5.56 Å². The molecule has 2 aliphatic rings. The molecule has 2 heterocycles. The van der Waals surface area contributed by atoms with Crippen molar-refractivity contribution in [2.24, 2.45) is 5.92 Å². The molecule has 3 nitrogen and oxygen atoms in total. The van der Waals surface area contributed by atoms with Crippen molar-refractivity contribution in [3.63, 3.8) is 0 Å². The van der Waals surface area contributed by atoms with E-state index in [-0.39, 0.29) is 11.4 Å². The SMILES string of the molecule is Fc1ccc(C23COCC2CON3)cc1Br. The van der Waals surface area contributed by atoms with Gasteiger partial charge in [-0.25, -0.2) is 4.39 Å². The fraction of sp³-hybridized carbons (Fsp3) is 0.455. The molecule has 0 aliphatic carbocycles. The Hall–Kier alpha value is -0.490. The van der Waals surface area contributed by atoms with Gasteiger partial charge in [0.05, 0.1) is 29.8 Å². The zero-order chi connectivity index (χ0) is 11.2. The van der Waals surface area contributed by atoms with E-state index in [0.717, 1.165) is 5.56 Å². The smallest absolute Gasteiger partial charge is 0.137 e. The largest absolute Gasteiger partial charge is 0.379 e. The molecule has 0 radical (unpaired) electrons. The van der Waals surface area contributed by atoms with Crippen molar-refractivity contribution in [3.05, 3.63) is 34.1 Å². The Morgan fingerprint density at radius 1 is 1.44 bits per heavy atom. The van der Waals surface area contributed by atoms with Crippen LogP contribution in [0, 0.1) is 11.7 Å². The molecule has 16 heavy (non-hydrogen) atoms. The molecular weight excluding hydrogens is 277 g/mol. The highest BCUT2D eigenvalue weighted by Gasteiger charge is 2.50. The van der Waals surface area contributed by atoms with Gasteiger partial charge < -0.3 is 9.57 Å². The Morgan fingerprint density at radius 2 is 2.31 bits per heavy atom. The minimum absolute atomic E-state index is 0.255. The van der Waals surface area contributed by atoms with Crippen molar-refractivity contribution in [1.29, 1.82) is 0 Å². The van der Waals surface area contributed by atoms with E-state index in [9.17, 15) is 4.39 Å². The first-order valence-electron chi connectivity index (χ1n) is 5.14. The minimum Gasteiger partial charge on any atom is -0.379 e. The number of hydrogen-bond acceptors (Lipinski definition) is 3. The van der Waals surface area contributed by atoms with Gasteiger partial charge in [0.2, 0.25) is 0 Å². The Bertz CT molecular complexity index is 416. The van der Waals surface area contributed by atoms with Gasteiger partial charge in [0.25, 0.3) is 0 Å². The molecular formula is C11H11BrFNO2. The van der Waals surface area contributed by atoms with Crippen LogP contribution in [0.15, 0.2) is 22.7 Å². The van der Waals surface area contributed by atoms with Crippen molar-refractivity contribution in [1.82, 2.24) is 5.48 Å².